The molecule has 1 nitrogen and oxygen atoms in total. The summed E-state index contributed by atoms with van der Waals surface area (Å²) >= 11 is 0. The van der Waals surface area contributed by atoms with E-state index in [0.29, 0.717) is 42.2 Å². The Morgan fingerprint density at radius 1 is 0.658 bits per heavy atom. The number of unbranched alkanes of at least 4 members (excludes halogenated alkanes) is 1. The molecule has 0 aliphatic heterocycles. The fraction of sp³-hybridized carbons (Fsp3) is 0.312. The molecule has 0 heterocycles. The lowest BCUT2D eigenvalue weighted by Crippen LogP contribution is -2.19. The molecule has 0 fully saturated rings. The molecular weight excluding hydrogens is 495 g/mol. The van der Waals surface area contributed by atoms with Crippen LogP contribution in [-0.2, 0) is 32.1 Å². The standard InChI is InChI=1S/C32H31F5O/c1-2-3-4-23-6-11-25(30(33)20-23)12-7-24-10-18-29-27(19-24)15-14-26(31(29)34)13-5-22-8-16-28(17-9-22)38-21-32(35,36)37/h6,8-11,14-20H,2-5,7,12-13,21H2,1H3. The number of halogens is 5. The van der Waals surface area contributed by atoms with Gasteiger partial charge < -0.3 is 4.74 Å². The van der Waals surface area contributed by atoms with Gasteiger partial charge >= 0.3 is 6.18 Å². The highest BCUT2D eigenvalue weighted by Gasteiger charge is 2.28. The molecule has 0 radical (unpaired) electrons. The normalized spacial score (nSPS) is 11.7. The van der Waals surface area contributed by atoms with Crippen LogP contribution < -0.4 is 4.74 Å². The summed E-state index contributed by atoms with van der Waals surface area (Å²) in [4.78, 5) is 0. The molecule has 200 valence electrons. The van der Waals surface area contributed by atoms with Gasteiger partial charge in [0, 0.05) is 5.39 Å². The molecule has 6 heteroatoms. The van der Waals surface area contributed by atoms with Gasteiger partial charge in [-0.3, -0.25) is 0 Å². The molecule has 0 N–H and O–H groups in total. The molecular formula is C32H31F5O. The first-order chi connectivity index (χ1) is 18.2. The summed E-state index contributed by atoms with van der Waals surface area (Å²) in [6.45, 7) is 0.784. The van der Waals surface area contributed by atoms with Gasteiger partial charge in [-0.15, -0.1) is 0 Å². The Labute approximate surface area is 220 Å². The fourth-order valence-corrected chi connectivity index (χ4v) is 4.54. The second-order valence-electron chi connectivity index (χ2n) is 9.67. The molecule has 0 spiro atoms. The molecule has 0 aliphatic rings. The van der Waals surface area contributed by atoms with Crippen molar-refractivity contribution in [2.75, 3.05) is 6.61 Å². The average molecular weight is 527 g/mol. The summed E-state index contributed by atoms with van der Waals surface area (Å²) in [5.74, 6) is -0.295. The van der Waals surface area contributed by atoms with Gasteiger partial charge in [0.1, 0.15) is 17.4 Å². The van der Waals surface area contributed by atoms with E-state index in [1.165, 1.54) is 12.1 Å². The molecule has 0 saturated heterocycles. The van der Waals surface area contributed by atoms with Crippen molar-refractivity contribution in [1.82, 2.24) is 0 Å². The number of fused-ring (bicyclic) bond motifs is 1. The third kappa shape index (κ3) is 7.56. The first-order valence-corrected chi connectivity index (χ1v) is 13.0. The highest BCUT2D eigenvalue weighted by molar-refractivity contribution is 5.84. The van der Waals surface area contributed by atoms with E-state index in [2.05, 4.69) is 6.92 Å². The maximum absolute atomic E-state index is 15.2. The number of benzene rings is 4. The molecule has 0 bridgehead atoms. The monoisotopic (exact) mass is 526 g/mol. The zero-order chi connectivity index (χ0) is 27.1. The smallest absolute Gasteiger partial charge is 0.422 e. The summed E-state index contributed by atoms with van der Waals surface area (Å²) in [7, 11) is 0. The molecule has 0 saturated carbocycles. The summed E-state index contributed by atoms with van der Waals surface area (Å²) in [5.41, 5.74) is 4.19. The Morgan fingerprint density at radius 3 is 2.00 bits per heavy atom. The van der Waals surface area contributed by atoms with Gasteiger partial charge in [-0.2, -0.15) is 13.2 Å². The predicted molar refractivity (Wildman–Crippen MR) is 142 cm³/mol. The number of ether oxygens (including phenoxy) is 1. The number of hydrogen-bond acceptors (Lipinski definition) is 1. The zero-order valence-corrected chi connectivity index (χ0v) is 21.4. The lowest BCUT2D eigenvalue weighted by molar-refractivity contribution is -0.153. The van der Waals surface area contributed by atoms with E-state index in [1.807, 2.05) is 30.3 Å². The molecule has 0 atom stereocenters. The number of aryl methyl sites for hydroxylation is 5. The van der Waals surface area contributed by atoms with E-state index >= 15 is 4.39 Å². The molecule has 38 heavy (non-hydrogen) atoms. The summed E-state index contributed by atoms with van der Waals surface area (Å²) in [5, 5.41) is 1.33. The van der Waals surface area contributed by atoms with Crippen molar-refractivity contribution in [1.29, 1.82) is 0 Å². The summed E-state index contributed by atoms with van der Waals surface area (Å²) in [6, 6.07) is 21.2. The van der Waals surface area contributed by atoms with Crippen LogP contribution >= 0.6 is 0 Å². The van der Waals surface area contributed by atoms with Crippen LogP contribution in [0.4, 0.5) is 22.0 Å². The SMILES string of the molecule is CCCCc1ccc(CCc2ccc3c(F)c(CCc4ccc(OCC(F)(F)F)cc4)ccc3c2)c(F)c1. The molecule has 0 aromatic heterocycles. The Kier molecular flexibility index (Phi) is 9.03. The van der Waals surface area contributed by atoms with E-state index in [0.717, 1.165) is 41.3 Å². The van der Waals surface area contributed by atoms with Crippen LogP contribution in [0.1, 0.15) is 47.6 Å². The van der Waals surface area contributed by atoms with Crippen molar-refractivity contribution in [2.45, 2.75) is 58.0 Å². The van der Waals surface area contributed by atoms with Crippen LogP contribution in [0.3, 0.4) is 0 Å². The Morgan fingerprint density at radius 2 is 1.29 bits per heavy atom. The third-order valence-corrected chi connectivity index (χ3v) is 6.73. The van der Waals surface area contributed by atoms with Crippen LogP contribution in [0.2, 0.25) is 0 Å². The van der Waals surface area contributed by atoms with Crippen molar-refractivity contribution >= 4 is 10.8 Å². The van der Waals surface area contributed by atoms with Crippen molar-refractivity contribution in [3.63, 3.8) is 0 Å². The van der Waals surface area contributed by atoms with E-state index < -0.39 is 12.8 Å². The average Bonchev–Trinajstić information content (AvgIpc) is 2.90. The van der Waals surface area contributed by atoms with Crippen LogP contribution in [0.5, 0.6) is 5.75 Å². The van der Waals surface area contributed by atoms with Crippen LogP contribution in [-0.4, -0.2) is 12.8 Å². The lowest BCUT2D eigenvalue weighted by Gasteiger charge is -2.11. The van der Waals surface area contributed by atoms with Gasteiger partial charge in [0.2, 0.25) is 0 Å². The first-order valence-electron chi connectivity index (χ1n) is 13.0. The van der Waals surface area contributed by atoms with E-state index in [1.54, 1.807) is 30.3 Å². The molecule has 4 rings (SSSR count). The molecule has 0 aliphatic carbocycles. The minimum absolute atomic E-state index is 0.144. The largest absolute Gasteiger partial charge is 0.484 e. The van der Waals surface area contributed by atoms with Crippen LogP contribution in [0.25, 0.3) is 10.8 Å². The minimum Gasteiger partial charge on any atom is -0.484 e. The zero-order valence-electron chi connectivity index (χ0n) is 21.4. The summed E-state index contributed by atoms with van der Waals surface area (Å²) < 4.78 is 71.4. The van der Waals surface area contributed by atoms with Crippen LogP contribution in [0, 0.1) is 11.6 Å². The molecule has 0 unspecified atom stereocenters. The summed E-state index contributed by atoms with van der Waals surface area (Å²) in [6.07, 6.45) is 0.866. The highest BCUT2D eigenvalue weighted by Crippen LogP contribution is 2.25. The maximum atomic E-state index is 15.2. The van der Waals surface area contributed by atoms with Crippen molar-refractivity contribution in [3.05, 3.63) is 112 Å². The van der Waals surface area contributed by atoms with Crippen molar-refractivity contribution < 1.29 is 26.7 Å². The fourth-order valence-electron chi connectivity index (χ4n) is 4.54. The number of rotatable bonds is 11. The van der Waals surface area contributed by atoms with Gasteiger partial charge in [-0.25, -0.2) is 8.78 Å². The Hall–Kier alpha value is -3.41. The van der Waals surface area contributed by atoms with Gasteiger partial charge in [0.25, 0.3) is 0 Å². The Balaban J connectivity index is 1.36. The van der Waals surface area contributed by atoms with Gasteiger partial charge in [0.05, 0.1) is 0 Å². The van der Waals surface area contributed by atoms with E-state index in [4.69, 9.17) is 4.74 Å². The maximum Gasteiger partial charge on any atom is 0.422 e. The van der Waals surface area contributed by atoms with Crippen molar-refractivity contribution in [2.24, 2.45) is 0 Å². The van der Waals surface area contributed by atoms with Gasteiger partial charge in [-0.05, 0) is 89.9 Å². The molecule has 4 aromatic carbocycles. The molecule has 0 amide bonds. The lowest BCUT2D eigenvalue weighted by atomic mass is 9.97. The molecule has 4 aromatic rings. The minimum atomic E-state index is -4.38. The highest BCUT2D eigenvalue weighted by atomic mass is 19.4. The van der Waals surface area contributed by atoms with Crippen molar-refractivity contribution in [3.8, 4) is 5.75 Å². The van der Waals surface area contributed by atoms with Gasteiger partial charge in [-0.1, -0.05) is 67.9 Å². The Bertz CT molecular complexity index is 1360. The number of hydrogen-bond donors (Lipinski definition) is 0. The number of alkyl halides is 3. The van der Waals surface area contributed by atoms with Crippen LogP contribution in [0.15, 0.2) is 72.8 Å². The first kappa shape index (κ1) is 27.6. The predicted octanol–water partition coefficient (Wildman–Crippen LogP) is 8.97. The quantitative estimate of drug-likeness (QED) is 0.177. The second-order valence-corrected chi connectivity index (χ2v) is 9.67. The van der Waals surface area contributed by atoms with Gasteiger partial charge in [0.15, 0.2) is 6.61 Å². The van der Waals surface area contributed by atoms with E-state index in [-0.39, 0.29) is 17.4 Å². The second kappa shape index (κ2) is 12.4. The van der Waals surface area contributed by atoms with E-state index in [9.17, 15) is 17.6 Å². The third-order valence-electron chi connectivity index (χ3n) is 6.73. The topological polar surface area (TPSA) is 9.23 Å².